The van der Waals surface area contributed by atoms with Crippen molar-refractivity contribution in [2.24, 2.45) is 5.73 Å². The first-order valence-corrected chi connectivity index (χ1v) is 10.2. The summed E-state index contributed by atoms with van der Waals surface area (Å²) in [6.45, 7) is 0. The standard InChI is InChI=1S/C23H24N6O4/c24-22(25)15-6-8-17(9-7-15)29(16-4-2-1-3-5-16)20(31)11-10-19(30)28-18(14-21(32)33)23-26-12-13-27-23/h1-9,12-13,18H,10-11,14H2,(H3,24,25)(H,26,27)(H,28,30)(H,32,33). The van der Waals surface area contributed by atoms with Gasteiger partial charge in [-0.1, -0.05) is 18.2 Å². The molecule has 170 valence electrons. The second kappa shape index (κ2) is 10.7. The lowest BCUT2D eigenvalue weighted by Gasteiger charge is -2.23. The van der Waals surface area contributed by atoms with Crippen LogP contribution in [-0.2, 0) is 14.4 Å². The maximum atomic E-state index is 13.1. The summed E-state index contributed by atoms with van der Waals surface area (Å²) in [5.41, 5.74) is 7.23. The van der Waals surface area contributed by atoms with Crippen molar-refractivity contribution in [1.82, 2.24) is 15.3 Å². The van der Waals surface area contributed by atoms with Crippen molar-refractivity contribution in [3.8, 4) is 0 Å². The van der Waals surface area contributed by atoms with E-state index in [9.17, 15) is 14.4 Å². The number of aromatic amines is 1. The number of hydrogen-bond acceptors (Lipinski definition) is 5. The minimum atomic E-state index is -1.09. The number of nitrogen functional groups attached to an aromatic ring is 1. The largest absolute Gasteiger partial charge is 0.481 e. The number of H-pyrrole nitrogens is 1. The fraction of sp³-hybridized carbons (Fsp3) is 0.174. The predicted molar refractivity (Wildman–Crippen MR) is 122 cm³/mol. The number of benzene rings is 2. The molecule has 6 N–H and O–H groups in total. The highest BCUT2D eigenvalue weighted by Gasteiger charge is 2.23. The Morgan fingerprint density at radius 2 is 1.73 bits per heavy atom. The van der Waals surface area contributed by atoms with Gasteiger partial charge in [-0.2, -0.15) is 0 Å². The number of nitrogens with two attached hydrogens (primary N) is 1. The van der Waals surface area contributed by atoms with Crippen molar-refractivity contribution in [3.63, 3.8) is 0 Å². The molecule has 1 atom stereocenters. The average molecular weight is 448 g/mol. The molecule has 1 aromatic heterocycles. The molecule has 3 rings (SSSR count). The van der Waals surface area contributed by atoms with Crippen LogP contribution in [0.4, 0.5) is 11.4 Å². The zero-order valence-corrected chi connectivity index (χ0v) is 17.7. The molecule has 3 aromatic rings. The third kappa shape index (κ3) is 6.26. The van der Waals surface area contributed by atoms with Crippen molar-refractivity contribution in [1.29, 1.82) is 5.41 Å². The highest BCUT2D eigenvalue weighted by atomic mass is 16.4. The van der Waals surface area contributed by atoms with Crippen molar-refractivity contribution in [3.05, 3.63) is 78.4 Å². The van der Waals surface area contributed by atoms with Crippen LogP contribution in [0, 0.1) is 5.41 Å². The van der Waals surface area contributed by atoms with E-state index in [1.54, 1.807) is 48.5 Å². The Bertz CT molecular complexity index is 1110. The van der Waals surface area contributed by atoms with Crippen molar-refractivity contribution < 1.29 is 19.5 Å². The van der Waals surface area contributed by atoms with Crippen molar-refractivity contribution in [2.45, 2.75) is 25.3 Å². The molecule has 0 radical (unpaired) electrons. The van der Waals surface area contributed by atoms with E-state index >= 15 is 0 Å². The van der Waals surface area contributed by atoms with Gasteiger partial charge in [0.05, 0.1) is 12.5 Å². The number of carboxylic acids is 1. The van der Waals surface area contributed by atoms with E-state index in [1.165, 1.54) is 17.3 Å². The van der Waals surface area contributed by atoms with Gasteiger partial charge in [-0.15, -0.1) is 0 Å². The number of anilines is 2. The average Bonchev–Trinajstić information content (AvgIpc) is 3.33. The fourth-order valence-corrected chi connectivity index (χ4v) is 3.26. The molecule has 0 bridgehead atoms. The lowest BCUT2D eigenvalue weighted by atomic mass is 10.1. The molecule has 1 unspecified atom stereocenters. The number of amidine groups is 1. The molecule has 0 aliphatic rings. The van der Waals surface area contributed by atoms with Gasteiger partial charge in [0.25, 0.3) is 0 Å². The number of aliphatic carboxylic acids is 1. The number of carbonyl (C=O) groups is 3. The van der Waals surface area contributed by atoms with Gasteiger partial charge in [-0.25, -0.2) is 4.98 Å². The summed E-state index contributed by atoms with van der Waals surface area (Å²) in [6, 6.07) is 14.8. The van der Waals surface area contributed by atoms with Crippen LogP contribution in [0.1, 0.15) is 36.7 Å². The van der Waals surface area contributed by atoms with Crippen molar-refractivity contribution >= 4 is 35.0 Å². The summed E-state index contributed by atoms with van der Waals surface area (Å²) in [6.07, 6.45) is 2.42. The maximum Gasteiger partial charge on any atom is 0.305 e. The molecule has 0 spiro atoms. The second-order valence-electron chi connectivity index (χ2n) is 7.22. The Balaban J connectivity index is 1.72. The summed E-state index contributed by atoms with van der Waals surface area (Å²) in [7, 11) is 0. The van der Waals surface area contributed by atoms with Crippen LogP contribution in [0.15, 0.2) is 67.0 Å². The first-order valence-electron chi connectivity index (χ1n) is 10.2. The Morgan fingerprint density at radius 1 is 1.06 bits per heavy atom. The molecule has 0 fully saturated rings. The highest BCUT2D eigenvalue weighted by Crippen LogP contribution is 2.27. The third-order valence-electron chi connectivity index (χ3n) is 4.83. The molecule has 10 nitrogen and oxygen atoms in total. The smallest absolute Gasteiger partial charge is 0.305 e. The van der Waals surface area contributed by atoms with Gasteiger partial charge in [0, 0.05) is 42.2 Å². The van der Waals surface area contributed by atoms with Crippen LogP contribution in [0.3, 0.4) is 0 Å². The van der Waals surface area contributed by atoms with Crippen LogP contribution in [-0.4, -0.2) is 38.7 Å². The molecule has 2 amide bonds. The number of aromatic nitrogens is 2. The monoisotopic (exact) mass is 448 g/mol. The predicted octanol–water partition coefficient (Wildman–Crippen LogP) is 2.47. The molecular weight excluding hydrogens is 424 g/mol. The van der Waals surface area contributed by atoms with E-state index in [-0.39, 0.29) is 31.0 Å². The Kier molecular flexibility index (Phi) is 7.53. The number of amides is 2. The Labute approximate surface area is 190 Å². The van der Waals surface area contributed by atoms with Gasteiger partial charge >= 0.3 is 5.97 Å². The van der Waals surface area contributed by atoms with Gasteiger partial charge in [-0.3, -0.25) is 24.7 Å². The van der Waals surface area contributed by atoms with Crippen LogP contribution in [0.2, 0.25) is 0 Å². The first kappa shape index (κ1) is 23.2. The zero-order chi connectivity index (χ0) is 23.8. The number of hydrogen-bond donors (Lipinski definition) is 5. The number of para-hydroxylation sites is 1. The highest BCUT2D eigenvalue weighted by molar-refractivity contribution is 6.02. The summed E-state index contributed by atoms with van der Waals surface area (Å²) >= 11 is 0. The molecule has 33 heavy (non-hydrogen) atoms. The number of carbonyl (C=O) groups excluding carboxylic acids is 2. The quantitative estimate of drug-likeness (QED) is 0.236. The molecule has 0 saturated carbocycles. The third-order valence-corrected chi connectivity index (χ3v) is 4.83. The van der Waals surface area contributed by atoms with Gasteiger partial charge in [0.2, 0.25) is 11.8 Å². The van der Waals surface area contributed by atoms with E-state index in [2.05, 4.69) is 15.3 Å². The first-order chi connectivity index (χ1) is 15.8. The minimum absolute atomic E-state index is 0.0803. The molecule has 1 heterocycles. The summed E-state index contributed by atoms with van der Waals surface area (Å²) in [5.74, 6) is -1.63. The maximum absolute atomic E-state index is 13.1. The summed E-state index contributed by atoms with van der Waals surface area (Å²) in [5, 5.41) is 19.3. The lowest BCUT2D eigenvalue weighted by molar-refractivity contribution is -0.138. The van der Waals surface area contributed by atoms with Crippen LogP contribution in [0.25, 0.3) is 0 Å². The molecule has 10 heteroatoms. The lowest BCUT2D eigenvalue weighted by Crippen LogP contribution is -2.32. The SMILES string of the molecule is N=C(N)c1ccc(N(C(=O)CCC(=O)NC(CC(=O)O)c2ncc[nH]2)c2ccccc2)cc1. The number of nitrogens with one attached hydrogen (secondary N) is 3. The van der Waals surface area contributed by atoms with Gasteiger partial charge in [0.1, 0.15) is 11.7 Å². The summed E-state index contributed by atoms with van der Waals surface area (Å²) < 4.78 is 0. The number of rotatable bonds is 10. The second-order valence-corrected chi connectivity index (χ2v) is 7.22. The minimum Gasteiger partial charge on any atom is -0.481 e. The van der Waals surface area contributed by atoms with Gasteiger partial charge < -0.3 is 21.1 Å². The van der Waals surface area contributed by atoms with E-state index in [1.807, 2.05) is 6.07 Å². The van der Waals surface area contributed by atoms with E-state index < -0.39 is 17.9 Å². The Morgan fingerprint density at radius 3 is 2.30 bits per heavy atom. The summed E-state index contributed by atoms with van der Waals surface area (Å²) in [4.78, 5) is 45.1. The van der Waals surface area contributed by atoms with E-state index in [4.69, 9.17) is 16.2 Å². The van der Waals surface area contributed by atoms with E-state index in [0.29, 0.717) is 22.8 Å². The topological polar surface area (TPSA) is 165 Å². The number of carboxylic acid groups (broad SMARTS) is 1. The Hall–Kier alpha value is -4.47. The van der Waals surface area contributed by atoms with Crippen LogP contribution < -0.4 is 16.0 Å². The molecule has 0 saturated heterocycles. The van der Waals surface area contributed by atoms with Crippen molar-refractivity contribution in [2.75, 3.05) is 4.90 Å². The zero-order valence-electron chi connectivity index (χ0n) is 17.7. The van der Waals surface area contributed by atoms with Gasteiger partial charge in [0.15, 0.2) is 0 Å². The number of imidazole rings is 1. The van der Waals surface area contributed by atoms with Gasteiger partial charge in [-0.05, 0) is 36.4 Å². The molecular formula is C23H24N6O4. The van der Waals surface area contributed by atoms with E-state index in [0.717, 1.165) is 0 Å². The van der Waals surface area contributed by atoms with Crippen LogP contribution >= 0.6 is 0 Å². The van der Waals surface area contributed by atoms with Crippen LogP contribution in [0.5, 0.6) is 0 Å². The normalized spacial score (nSPS) is 11.4. The molecule has 0 aliphatic heterocycles. The number of nitrogens with zero attached hydrogens (tertiary/aromatic N) is 2. The molecule has 0 aliphatic carbocycles. The fourth-order valence-electron chi connectivity index (χ4n) is 3.26. The molecule has 2 aromatic carbocycles.